The smallest absolute Gasteiger partial charge is 0.310 e. The first kappa shape index (κ1) is 19.9. The summed E-state index contributed by atoms with van der Waals surface area (Å²) in [5.41, 5.74) is 5.14. The van der Waals surface area contributed by atoms with Crippen LogP contribution in [-0.2, 0) is 11.4 Å². The minimum atomic E-state index is -0.687. The van der Waals surface area contributed by atoms with Crippen molar-refractivity contribution >= 4 is 17.8 Å². The molecule has 0 aromatic heterocycles. The van der Waals surface area contributed by atoms with E-state index in [1.807, 2.05) is 12.1 Å². The van der Waals surface area contributed by atoms with Gasteiger partial charge in [-0.25, -0.2) is 4.39 Å². The van der Waals surface area contributed by atoms with Gasteiger partial charge in [0, 0.05) is 36.8 Å². The summed E-state index contributed by atoms with van der Waals surface area (Å²) in [6.07, 6.45) is 3.97. The molecule has 2 aromatic carbocycles. The third kappa shape index (κ3) is 3.65. The Bertz CT molecular complexity index is 1090. The molecule has 2 aliphatic heterocycles. The van der Waals surface area contributed by atoms with Crippen molar-refractivity contribution in [3.05, 3.63) is 70.0 Å². The summed E-state index contributed by atoms with van der Waals surface area (Å²) < 4.78 is 19.9. The number of carbonyl (C=O) groups is 2. The molecule has 2 fully saturated rings. The number of piperidine rings is 1. The summed E-state index contributed by atoms with van der Waals surface area (Å²) in [6.45, 7) is 2.48. The van der Waals surface area contributed by atoms with Crippen LogP contribution >= 0.6 is 0 Å². The van der Waals surface area contributed by atoms with Crippen molar-refractivity contribution in [1.82, 2.24) is 4.90 Å². The number of hydrogen-bond donors (Lipinski definition) is 1. The number of carboxylic acid groups (broad SMARTS) is 1. The number of aliphatic carboxylic acids is 1. The lowest BCUT2D eigenvalue weighted by Gasteiger charge is -2.32. The zero-order chi connectivity index (χ0) is 21.6. The van der Waals surface area contributed by atoms with Crippen LogP contribution in [0.2, 0.25) is 0 Å². The Kier molecular flexibility index (Phi) is 4.89. The second-order valence-electron chi connectivity index (χ2n) is 8.80. The van der Waals surface area contributed by atoms with E-state index in [9.17, 15) is 19.1 Å². The Morgan fingerprint density at radius 1 is 1.13 bits per heavy atom. The maximum absolute atomic E-state index is 13.9. The van der Waals surface area contributed by atoms with Gasteiger partial charge in [0.15, 0.2) is 0 Å². The highest BCUT2D eigenvalue weighted by Gasteiger charge is 2.51. The van der Waals surface area contributed by atoms with Gasteiger partial charge in [-0.15, -0.1) is 0 Å². The summed E-state index contributed by atoms with van der Waals surface area (Å²) in [5, 5.41) is 9.50. The number of benzene rings is 2. The average molecular weight is 421 g/mol. The van der Waals surface area contributed by atoms with E-state index in [1.165, 1.54) is 17.7 Å². The standard InChI is InChI=1S/C25H24FNO4/c26-19-2-4-21-22(12-19)31-14-18-11-16(13-28)1-3-20(18)23(21)17-5-9-27(10-6-17)15-25(7-8-25)24(29)30/h1-4,11-13H,5-10,14-15H2,(H,29,30). The van der Waals surface area contributed by atoms with Crippen molar-refractivity contribution in [2.45, 2.75) is 32.3 Å². The van der Waals surface area contributed by atoms with E-state index in [2.05, 4.69) is 4.90 Å². The highest BCUT2D eigenvalue weighted by molar-refractivity contribution is 5.88. The minimum Gasteiger partial charge on any atom is -0.488 e. The highest BCUT2D eigenvalue weighted by atomic mass is 19.1. The van der Waals surface area contributed by atoms with E-state index < -0.39 is 11.4 Å². The molecule has 3 aliphatic rings. The number of hydrogen-bond acceptors (Lipinski definition) is 4. The molecule has 5 rings (SSSR count). The largest absolute Gasteiger partial charge is 0.488 e. The van der Waals surface area contributed by atoms with Crippen molar-refractivity contribution < 1.29 is 23.8 Å². The average Bonchev–Trinajstić information content (AvgIpc) is 3.57. The molecule has 1 saturated heterocycles. The maximum Gasteiger partial charge on any atom is 0.310 e. The van der Waals surface area contributed by atoms with Crippen molar-refractivity contribution in [2.75, 3.05) is 19.6 Å². The first-order chi connectivity index (χ1) is 15.0. The maximum atomic E-state index is 13.9. The Labute approximate surface area is 180 Å². The molecule has 2 heterocycles. The molecule has 0 atom stereocenters. The third-order valence-electron chi connectivity index (χ3n) is 6.78. The molecular weight excluding hydrogens is 397 g/mol. The van der Waals surface area contributed by atoms with Crippen molar-refractivity contribution in [3.63, 3.8) is 0 Å². The van der Waals surface area contributed by atoms with E-state index in [0.717, 1.165) is 67.3 Å². The second kappa shape index (κ2) is 7.61. The molecule has 0 spiro atoms. The van der Waals surface area contributed by atoms with Crippen LogP contribution in [0.1, 0.15) is 52.7 Å². The molecule has 1 N–H and O–H groups in total. The molecule has 31 heavy (non-hydrogen) atoms. The number of carbonyl (C=O) groups excluding carboxylic acids is 1. The predicted molar refractivity (Wildman–Crippen MR) is 114 cm³/mol. The van der Waals surface area contributed by atoms with Crippen LogP contribution in [0.4, 0.5) is 4.39 Å². The zero-order valence-electron chi connectivity index (χ0n) is 17.2. The Balaban J connectivity index is 1.51. The van der Waals surface area contributed by atoms with Crippen LogP contribution in [-0.4, -0.2) is 41.9 Å². The number of likely N-dealkylation sites (tertiary alicyclic amines) is 1. The first-order valence-corrected chi connectivity index (χ1v) is 10.7. The van der Waals surface area contributed by atoms with Crippen LogP contribution in [0.15, 0.2) is 42.0 Å². The Hall–Kier alpha value is -2.99. The van der Waals surface area contributed by atoms with Gasteiger partial charge in [0.25, 0.3) is 0 Å². The third-order valence-corrected chi connectivity index (χ3v) is 6.78. The number of ether oxygens (including phenoxy) is 1. The lowest BCUT2D eigenvalue weighted by molar-refractivity contribution is -0.144. The summed E-state index contributed by atoms with van der Waals surface area (Å²) >= 11 is 0. The number of fused-ring (bicyclic) bond motifs is 2. The molecule has 160 valence electrons. The van der Waals surface area contributed by atoms with Gasteiger partial charge in [0.1, 0.15) is 24.5 Å². The lowest BCUT2D eigenvalue weighted by Crippen LogP contribution is -2.38. The number of aldehydes is 1. The zero-order valence-corrected chi connectivity index (χ0v) is 17.2. The molecule has 6 heteroatoms. The van der Waals surface area contributed by atoms with E-state index in [0.29, 0.717) is 17.9 Å². The minimum absolute atomic E-state index is 0.275. The van der Waals surface area contributed by atoms with Gasteiger partial charge in [0.05, 0.1) is 5.41 Å². The number of carboxylic acids is 1. The van der Waals surface area contributed by atoms with Gasteiger partial charge in [-0.05, 0) is 60.6 Å². The van der Waals surface area contributed by atoms with Crippen LogP contribution in [0.3, 0.4) is 0 Å². The van der Waals surface area contributed by atoms with E-state index >= 15 is 0 Å². The molecule has 1 saturated carbocycles. The molecular formula is C25H24FNO4. The number of rotatable bonds is 4. The van der Waals surface area contributed by atoms with Crippen LogP contribution in [0.25, 0.3) is 5.57 Å². The van der Waals surface area contributed by atoms with Gasteiger partial charge in [-0.3, -0.25) is 9.59 Å². The quantitative estimate of drug-likeness (QED) is 0.746. The molecule has 0 unspecified atom stereocenters. The molecule has 0 amide bonds. The summed E-state index contributed by atoms with van der Waals surface area (Å²) in [4.78, 5) is 25.1. The monoisotopic (exact) mass is 421 g/mol. The van der Waals surface area contributed by atoms with Gasteiger partial charge in [-0.2, -0.15) is 0 Å². The summed E-state index contributed by atoms with van der Waals surface area (Å²) in [7, 11) is 0. The van der Waals surface area contributed by atoms with Crippen LogP contribution < -0.4 is 4.74 Å². The van der Waals surface area contributed by atoms with Crippen LogP contribution in [0, 0.1) is 11.2 Å². The summed E-state index contributed by atoms with van der Waals surface area (Å²) in [6, 6.07) is 10.2. The molecule has 5 nitrogen and oxygen atoms in total. The number of halogens is 1. The SMILES string of the molecule is O=Cc1ccc2c(c1)COc1cc(F)ccc1C2=C1CCN(CC2(C(=O)O)CC2)CC1. The van der Waals surface area contributed by atoms with Gasteiger partial charge < -0.3 is 14.7 Å². The Morgan fingerprint density at radius 2 is 1.87 bits per heavy atom. The van der Waals surface area contributed by atoms with Crippen molar-refractivity contribution in [3.8, 4) is 5.75 Å². The second-order valence-corrected chi connectivity index (χ2v) is 8.80. The number of nitrogens with zero attached hydrogens (tertiary/aromatic N) is 1. The molecule has 1 aliphatic carbocycles. The van der Waals surface area contributed by atoms with E-state index in [-0.39, 0.29) is 12.4 Å². The molecule has 0 radical (unpaired) electrons. The van der Waals surface area contributed by atoms with Gasteiger partial charge >= 0.3 is 5.97 Å². The predicted octanol–water partition coefficient (Wildman–Crippen LogP) is 4.29. The van der Waals surface area contributed by atoms with Crippen molar-refractivity contribution in [2.24, 2.45) is 5.41 Å². The fourth-order valence-corrected chi connectivity index (χ4v) is 4.80. The molecule has 0 bridgehead atoms. The normalized spacial score (nSPS) is 19.6. The van der Waals surface area contributed by atoms with E-state index in [1.54, 1.807) is 12.1 Å². The van der Waals surface area contributed by atoms with Gasteiger partial charge in [0.2, 0.25) is 0 Å². The highest BCUT2D eigenvalue weighted by Crippen LogP contribution is 2.47. The Morgan fingerprint density at radius 3 is 2.55 bits per heavy atom. The summed E-state index contributed by atoms with van der Waals surface area (Å²) in [5.74, 6) is -0.522. The fourth-order valence-electron chi connectivity index (χ4n) is 4.80. The fraction of sp³-hybridized carbons (Fsp3) is 0.360. The topological polar surface area (TPSA) is 66.8 Å². The first-order valence-electron chi connectivity index (χ1n) is 10.7. The van der Waals surface area contributed by atoms with E-state index in [4.69, 9.17) is 4.74 Å². The lowest BCUT2D eigenvalue weighted by atomic mass is 9.86. The van der Waals surface area contributed by atoms with Crippen LogP contribution in [0.5, 0.6) is 5.75 Å². The molecule has 2 aromatic rings. The van der Waals surface area contributed by atoms with Crippen molar-refractivity contribution in [1.29, 1.82) is 0 Å². The van der Waals surface area contributed by atoms with Gasteiger partial charge in [-0.1, -0.05) is 17.7 Å².